The lowest BCUT2D eigenvalue weighted by molar-refractivity contribution is -0.124. The summed E-state index contributed by atoms with van der Waals surface area (Å²) in [6, 6.07) is 6.86. The van der Waals surface area contributed by atoms with Crippen LogP contribution in [0.4, 0.5) is 5.69 Å². The van der Waals surface area contributed by atoms with Gasteiger partial charge in [-0.15, -0.1) is 0 Å². The van der Waals surface area contributed by atoms with Crippen molar-refractivity contribution in [3.63, 3.8) is 0 Å². The molecule has 25 heavy (non-hydrogen) atoms. The molecule has 1 aromatic carbocycles. The fourth-order valence-electron chi connectivity index (χ4n) is 2.81. The van der Waals surface area contributed by atoms with Gasteiger partial charge in [-0.1, -0.05) is 6.07 Å². The zero-order chi connectivity index (χ0) is 17.6. The van der Waals surface area contributed by atoms with Gasteiger partial charge in [0.25, 0.3) is 11.8 Å². The van der Waals surface area contributed by atoms with Gasteiger partial charge in [-0.3, -0.25) is 9.59 Å². The van der Waals surface area contributed by atoms with E-state index >= 15 is 0 Å². The summed E-state index contributed by atoms with van der Waals surface area (Å²) in [7, 11) is 0. The van der Waals surface area contributed by atoms with Crippen LogP contribution >= 0.6 is 0 Å². The monoisotopic (exact) mass is 342 g/mol. The van der Waals surface area contributed by atoms with E-state index in [-0.39, 0.29) is 17.9 Å². The number of amides is 2. The molecule has 7 heteroatoms. The number of imidazole rings is 1. The highest BCUT2D eigenvalue weighted by molar-refractivity contribution is 5.98. The van der Waals surface area contributed by atoms with Crippen molar-refractivity contribution in [1.82, 2.24) is 14.9 Å². The molecule has 7 nitrogen and oxygen atoms in total. The van der Waals surface area contributed by atoms with E-state index in [1.54, 1.807) is 36.8 Å². The van der Waals surface area contributed by atoms with Crippen LogP contribution in [0.5, 0.6) is 0 Å². The van der Waals surface area contributed by atoms with Gasteiger partial charge in [0.1, 0.15) is 6.10 Å². The molecule has 2 amide bonds. The Morgan fingerprint density at radius 1 is 1.44 bits per heavy atom. The van der Waals surface area contributed by atoms with Crippen molar-refractivity contribution in [2.75, 3.05) is 11.9 Å². The molecule has 2 heterocycles. The number of benzene rings is 1. The normalized spacial score (nSPS) is 17.9. The number of aromatic nitrogens is 2. The molecule has 2 N–H and O–H groups in total. The van der Waals surface area contributed by atoms with E-state index in [1.807, 2.05) is 17.7 Å². The topological polar surface area (TPSA) is 85.3 Å². The molecular weight excluding hydrogens is 320 g/mol. The lowest BCUT2D eigenvalue weighted by Crippen LogP contribution is -2.35. The highest BCUT2D eigenvalue weighted by atomic mass is 16.5. The fraction of sp³-hybridized carbons (Fsp3) is 0.389. The number of nitrogens with one attached hydrogen (secondary N) is 2. The van der Waals surface area contributed by atoms with Gasteiger partial charge in [-0.25, -0.2) is 4.98 Å². The molecule has 1 aromatic heterocycles. The Morgan fingerprint density at radius 2 is 2.32 bits per heavy atom. The summed E-state index contributed by atoms with van der Waals surface area (Å²) in [6.45, 7) is 3.19. The van der Waals surface area contributed by atoms with E-state index in [2.05, 4.69) is 15.6 Å². The Balaban J connectivity index is 1.58. The highest BCUT2D eigenvalue weighted by Gasteiger charge is 2.23. The van der Waals surface area contributed by atoms with Gasteiger partial charge in [-0.2, -0.15) is 0 Å². The van der Waals surface area contributed by atoms with Crippen LogP contribution in [0.2, 0.25) is 0 Å². The van der Waals surface area contributed by atoms with Crippen LogP contribution in [0.25, 0.3) is 0 Å². The number of ether oxygens (including phenoxy) is 1. The summed E-state index contributed by atoms with van der Waals surface area (Å²) in [5.74, 6) is -0.343. The summed E-state index contributed by atoms with van der Waals surface area (Å²) >= 11 is 0. The standard InChI is InChI=1S/C18H22N4O3/c1-13(11-22-8-7-19-12-22)20-17(23)14-4-2-5-15(10-14)21-18(24)16-6-3-9-25-16/h2,4-5,7-8,10,12-13,16H,3,6,9,11H2,1H3,(H,20,23)(H,21,24)/t13-,16+/m1/s1. The van der Waals surface area contributed by atoms with E-state index in [0.717, 1.165) is 12.8 Å². The molecular formula is C18H22N4O3. The van der Waals surface area contributed by atoms with E-state index in [4.69, 9.17) is 4.74 Å². The van der Waals surface area contributed by atoms with Crippen molar-refractivity contribution in [1.29, 1.82) is 0 Å². The summed E-state index contributed by atoms with van der Waals surface area (Å²) in [6.07, 6.45) is 6.50. The van der Waals surface area contributed by atoms with Crippen LogP contribution in [-0.4, -0.2) is 40.1 Å². The smallest absolute Gasteiger partial charge is 0.253 e. The first-order valence-corrected chi connectivity index (χ1v) is 8.41. The lowest BCUT2D eigenvalue weighted by Gasteiger charge is -2.15. The molecule has 0 saturated carbocycles. The summed E-state index contributed by atoms with van der Waals surface area (Å²) in [5, 5.41) is 5.76. The van der Waals surface area contributed by atoms with E-state index in [1.165, 1.54) is 0 Å². The van der Waals surface area contributed by atoms with Crippen molar-refractivity contribution < 1.29 is 14.3 Å². The van der Waals surface area contributed by atoms with Crippen molar-refractivity contribution >= 4 is 17.5 Å². The number of nitrogens with zero attached hydrogens (tertiary/aromatic N) is 2. The lowest BCUT2D eigenvalue weighted by atomic mass is 10.1. The number of rotatable bonds is 6. The van der Waals surface area contributed by atoms with Crippen LogP contribution in [-0.2, 0) is 16.1 Å². The van der Waals surface area contributed by atoms with Gasteiger partial charge >= 0.3 is 0 Å². The number of carbonyl (C=O) groups is 2. The van der Waals surface area contributed by atoms with Crippen LogP contribution < -0.4 is 10.6 Å². The second-order valence-electron chi connectivity index (χ2n) is 6.21. The van der Waals surface area contributed by atoms with Crippen molar-refractivity contribution in [2.45, 2.75) is 38.5 Å². The Bertz CT molecular complexity index is 724. The molecule has 2 atom stereocenters. The van der Waals surface area contributed by atoms with Gasteiger partial charge in [0.05, 0.1) is 6.33 Å². The molecule has 1 aliphatic rings. The molecule has 132 valence electrons. The maximum absolute atomic E-state index is 12.4. The zero-order valence-corrected chi connectivity index (χ0v) is 14.1. The first-order chi connectivity index (χ1) is 12.1. The molecule has 0 radical (unpaired) electrons. The van der Waals surface area contributed by atoms with Gasteiger partial charge in [-0.05, 0) is 38.0 Å². The van der Waals surface area contributed by atoms with Gasteiger partial charge in [0, 0.05) is 42.8 Å². The minimum Gasteiger partial charge on any atom is -0.368 e. The maximum atomic E-state index is 12.4. The largest absolute Gasteiger partial charge is 0.368 e. The first-order valence-electron chi connectivity index (χ1n) is 8.41. The summed E-state index contributed by atoms with van der Waals surface area (Å²) in [4.78, 5) is 28.5. The Kier molecular flexibility index (Phi) is 5.45. The summed E-state index contributed by atoms with van der Waals surface area (Å²) < 4.78 is 7.27. The number of carbonyl (C=O) groups excluding carboxylic acids is 2. The predicted octanol–water partition coefficient (Wildman–Crippen LogP) is 1.82. The minimum absolute atomic E-state index is 0.0492. The van der Waals surface area contributed by atoms with Gasteiger partial charge in [0.15, 0.2) is 0 Å². The molecule has 3 rings (SSSR count). The molecule has 1 saturated heterocycles. The number of hydrogen-bond donors (Lipinski definition) is 2. The average molecular weight is 342 g/mol. The van der Waals surface area contributed by atoms with E-state index < -0.39 is 6.10 Å². The molecule has 0 spiro atoms. The van der Waals surface area contributed by atoms with Crippen molar-refractivity contribution in [3.8, 4) is 0 Å². The quantitative estimate of drug-likeness (QED) is 0.838. The number of anilines is 1. The zero-order valence-electron chi connectivity index (χ0n) is 14.1. The molecule has 2 aromatic rings. The third kappa shape index (κ3) is 4.67. The second-order valence-corrected chi connectivity index (χ2v) is 6.21. The summed E-state index contributed by atoms with van der Waals surface area (Å²) in [5.41, 5.74) is 1.10. The van der Waals surface area contributed by atoms with E-state index in [9.17, 15) is 9.59 Å². The third-order valence-corrected chi connectivity index (χ3v) is 4.04. The molecule has 1 aliphatic heterocycles. The molecule has 0 aliphatic carbocycles. The van der Waals surface area contributed by atoms with E-state index in [0.29, 0.717) is 24.4 Å². The second kappa shape index (κ2) is 7.94. The molecule has 1 fully saturated rings. The molecule has 0 bridgehead atoms. The van der Waals surface area contributed by atoms with Crippen LogP contribution in [0.15, 0.2) is 43.0 Å². The Morgan fingerprint density at radius 3 is 3.04 bits per heavy atom. The van der Waals surface area contributed by atoms with Gasteiger partial charge < -0.3 is 19.9 Å². The minimum atomic E-state index is -0.396. The first kappa shape index (κ1) is 17.2. The fourth-order valence-corrected chi connectivity index (χ4v) is 2.81. The maximum Gasteiger partial charge on any atom is 0.253 e. The SMILES string of the molecule is C[C@H](Cn1ccnc1)NC(=O)c1cccc(NC(=O)[C@@H]2CCCO2)c1. The van der Waals surface area contributed by atoms with Crippen molar-refractivity contribution in [3.05, 3.63) is 48.5 Å². The predicted molar refractivity (Wildman–Crippen MR) is 93.2 cm³/mol. The molecule has 0 unspecified atom stereocenters. The Labute approximate surface area is 146 Å². The van der Waals surface area contributed by atoms with Crippen LogP contribution in [0.3, 0.4) is 0 Å². The third-order valence-electron chi connectivity index (χ3n) is 4.04. The average Bonchev–Trinajstić information content (AvgIpc) is 3.28. The van der Waals surface area contributed by atoms with Crippen LogP contribution in [0, 0.1) is 0 Å². The van der Waals surface area contributed by atoms with Gasteiger partial charge in [0.2, 0.25) is 0 Å². The van der Waals surface area contributed by atoms with Crippen LogP contribution in [0.1, 0.15) is 30.1 Å². The van der Waals surface area contributed by atoms with Crippen molar-refractivity contribution in [2.24, 2.45) is 0 Å². The number of hydrogen-bond acceptors (Lipinski definition) is 4. The Hall–Kier alpha value is -2.67. The highest BCUT2D eigenvalue weighted by Crippen LogP contribution is 2.16.